The van der Waals surface area contributed by atoms with Crippen LogP contribution in [0.3, 0.4) is 0 Å². The number of pyridine rings is 2. The summed E-state index contributed by atoms with van der Waals surface area (Å²) in [4.78, 5) is 32.5. The molecule has 0 aliphatic rings. The maximum Gasteiger partial charge on any atom is 0.473 e. The van der Waals surface area contributed by atoms with Gasteiger partial charge in [-0.25, -0.2) is 14.5 Å². The monoisotopic (exact) mass is 583 g/mol. The molecule has 11 nitrogen and oxygen atoms in total. The average molecular weight is 584 g/mol. The molecule has 41 heavy (non-hydrogen) atoms. The summed E-state index contributed by atoms with van der Waals surface area (Å²) in [5, 5.41) is 3.48. The van der Waals surface area contributed by atoms with Crippen molar-refractivity contribution in [1.29, 1.82) is 0 Å². The van der Waals surface area contributed by atoms with Gasteiger partial charge in [0.2, 0.25) is 11.9 Å². The zero-order valence-electron chi connectivity index (χ0n) is 23.1. The Kier molecular flexibility index (Phi) is 9.64. The summed E-state index contributed by atoms with van der Waals surface area (Å²) in [6, 6.07) is 10.1. The Bertz CT molecular complexity index is 1620. The maximum atomic E-state index is 14.0. The van der Waals surface area contributed by atoms with E-state index in [2.05, 4.69) is 15.3 Å². The molecule has 0 fully saturated rings. The molecule has 0 spiro atoms. The summed E-state index contributed by atoms with van der Waals surface area (Å²) in [6.07, 6.45) is 7.85. The van der Waals surface area contributed by atoms with Crippen molar-refractivity contribution in [3.63, 3.8) is 0 Å². The Balaban J connectivity index is 1.75. The first-order valence-corrected chi connectivity index (χ1v) is 14.1. The lowest BCUT2D eigenvalue weighted by Gasteiger charge is -2.12. The topological polar surface area (TPSA) is 128 Å². The third kappa shape index (κ3) is 7.84. The Hall–Kier alpha value is -3.93. The number of fused-ring (bicyclic) bond motifs is 1. The van der Waals surface area contributed by atoms with Gasteiger partial charge in [0.1, 0.15) is 18.1 Å². The summed E-state index contributed by atoms with van der Waals surface area (Å²) in [7, 11) is 1.07. The highest BCUT2D eigenvalue weighted by atomic mass is 31.2. The van der Waals surface area contributed by atoms with E-state index in [9.17, 15) is 18.6 Å². The number of hydrogen-bond donors (Lipinski definition) is 2. The molecule has 1 aromatic carbocycles. The van der Waals surface area contributed by atoms with Crippen LogP contribution in [0, 0.1) is 5.95 Å². The van der Waals surface area contributed by atoms with E-state index in [-0.39, 0.29) is 19.2 Å². The minimum Gasteiger partial charge on any atom is -0.497 e. The van der Waals surface area contributed by atoms with Gasteiger partial charge in [0.15, 0.2) is 0 Å². The van der Waals surface area contributed by atoms with Gasteiger partial charge in [0, 0.05) is 65.5 Å². The predicted octanol–water partition coefficient (Wildman–Crippen LogP) is 5.08. The van der Waals surface area contributed by atoms with Gasteiger partial charge in [-0.2, -0.15) is 4.39 Å². The van der Waals surface area contributed by atoms with Crippen molar-refractivity contribution in [3.05, 3.63) is 73.1 Å². The highest BCUT2D eigenvalue weighted by molar-refractivity contribution is 7.47. The Morgan fingerprint density at radius 2 is 1.95 bits per heavy atom. The van der Waals surface area contributed by atoms with Crippen LogP contribution in [0.25, 0.3) is 33.3 Å². The van der Waals surface area contributed by atoms with Crippen molar-refractivity contribution in [2.45, 2.75) is 13.7 Å². The molecule has 2 N–H and O–H groups in total. The number of nitrogens with one attached hydrogen (secondary N) is 1. The van der Waals surface area contributed by atoms with E-state index >= 15 is 0 Å². The molecule has 3 heterocycles. The summed E-state index contributed by atoms with van der Waals surface area (Å²) < 4.78 is 43.1. The number of nitrogens with zero attached hydrogens (tertiary/aromatic N) is 4. The van der Waals surface area contributed by atoms with Crippen LogP contribution in [0.2, 0.25) is 0 Å². The summed E-state index contributed by atoms with van der Waals surface area (Å²) in [5.74, 6) is -0.424. The summed E-state index contributed by atoms with van der Waals surface area (Å²) in [5.41, 5.74) is 3.48. The molecule has 0 radical (unpaired) electrons. The molecular weight excluding hydrogens is 552 g/mol. The third-order valence-corrected chi connectivity index (χ3v) is 6.91. The van der Waals surface area contributed by atoms with E-state index in [1.54, 1.807) is 49.7 Å². The van der Waals surface area contributed by atoms with E-state index < -0.39 is 13.8 Å². The fourth-order valence-corrected chi connectivity index (χ4v) is 4.74. The van der Waals surface area contributed by atoms with Gasteiger partial charge in [0.05, 0.1) is 13.7 Å². The quantitative estimate of drug-likeness (QED) is 0.133. The van der Waals surface area contributed by atoms with Gasteiger partial charge in [-0.15, -0.1) is 0 Å². The van der Waals surface area contributed by atoms with Gasteiger partial charge >= 0.3 is 7.82 Å². The van der Waals surface area contributed by atoms with Gasteiger partial charge in [-0.1, -0.05) is 6.08 Å². The Morgan fingerprint density at radius 3 is 2.66 bits per heavy atom. The highest BCUT2D eigenvalue weighted by Gasteiger charge is 2.22. The van der Waals surface area contributed by atoms with Crippen LogP contribution in [0.4, 0.5) is 10.1 Å². The average Bonchev–Trinajstić information content (AvgIpc) is 3.29. The molecule has 1 amide bonds. The van der Waals surface area contributed by atoms with E-state index in [1.807, 2.05) is 25.1 Å². The number of anilines is 1. The van der Waals surface area contributed by atoms with Crippen LogP contribution in [0.15, 0.2) is 67.1 Å². The number of amides is 1. The number of carbonyl (C=O) groups is 1. The van der Waals surface area contributed by atoms with Crippen molar-refractivity contribution in [2.24, 2.45) is 0 Å². The second kappa shape index (κ2) is 13.2. The number of methoxy groups -OCH3 is 1. The van der Waals surface area contributed by atoms with E-state index in [4.69, 9.17) is 13.8 Å². The maximum absolute atomic E-state index is 14.0. The lowest BCUT2D eigenvalue weighted by molar-refractivity contribution is -0.111. The molecule has 0 saturated heterocycles. The molecule has 4 rings (SSSR count). The SMILES string of the molecule is CCOP(=O)(O)OCn1cc(-c2ccnc(F)c2)c2cc(-c3cc(NC(=O)/C=C/CN(C)C)cc(OC)c3)cnc21. The van der Waals surface area contributed by atoms with Crippen LogP contribution in [0.1, 0.15) is 6.92 Å². The van der Waals surface area contributed by atoms with Crippen LogP contribution >= 0.6 is 7.82 Å². The molecule has 1 unspecified atom stereocenters. The smallest absolute Gasteiger partial charge is 0.473 e. The van der Waals surface area contributed by atoms with Gasteiger partial charge in [0.25, 0.3) is 0 Å². The number of carbonyl (C=O) groups excluding carboxylic acids is 1. The van der Waals surface area contributed by atoms with E-state index in [0.29, 0.717) is 51.3 Å². The number of phosphoric acid groups is 1. The van der Waals surface area contributed by atoms with Crippen LogP contribution < -0.4 is 10.1 Å². The van der Waals surface area contributed by atoms with Crippen LogP contribution in [-0.2, 0) is 25.1 Å². The lowest BCUT2D eigenvalue weighted by atomic mass is 10.0. The molecule has 1 atom stereocenters. The first-order chi connectivity index (χ1) is 19.6. The first-order valence-electron chi connectivity index (χ1n) is 12.6. The Morgan fingerprint density at radius 1 is 1.15 bits per heavy atom. The number of aromatic nitrogens is 3. The number of ether oxygens (including phenoxy) is 1. The zero-order chi connectivity index (χ0) is 29.6. The minimum absolute atomic E-state index is 0.00128. The number of likely N-dealkylation sites (N-methyl/N-ethyl adjacent to an activating group) is 1. The van der Waals surface area contributed by atoms with Crippen molar-refractivity contribution in [1.82, 2.24) is 19.4 Å². The van der Waals surface area contributed by atoms with E-state index in [0.717, 1.165) is 0 Å². The van der Waals surface area contributed by atoms with Crippen molar-refractivity contribution < 1.29 is 32.4 Å². The number of rotatable bonds is 12. The fraction of sp³-hybridized carbons (Fsp3) is 0.250. The molecule has 216 valence electrons. The number of benzene rings is 1. The Labute approximate surface area is 236 Å². The van der Waals surface area contributed by atoms with Gasteiger partial charge in [-0.3, -0.25) is 13.8 Å². The largest absolute Gasteiger partial charge is 0.497 e. The molecule has 4 aromatic rings. The molecule has 0 aliphatic carbocycles. The van der Waals surface area contributed by atoms with Crippen molar-refractivity contribution >= 4 is 30.5 Å². The second-order valence-corrected chi connectivity index (χ2v) is 10.7. The molecule has 0 saturated carbocycles. The first kappa shape index (κ1) is 30.0. The lowest BCUT2D eigenvalue weighted by Crippen LogP contribution is -2.13. The predicted molar refractivity (Wildman–Crippen MR) is 154 cm³/mol. The van der Waals surface area contributed by atoms with Crippen LogP contribution in [0.5, 0.6) is 5.75 Å². The minimum atomic E-state index is -4.28. The van der Waals surface area contributed by atoms with Crippen LogP contribution in [-0.4, -0.2) is 64.6 Å². The van der Waals surface area contributed by atoms with E-state index in [1.165, 1.54) is 30.0 Å². The van der Waals surface area contributed by atoms with Gasteiger partial charge in [-0.05, 0) is 56.4 Å². The second-order valence-electron chi connectivity index (χ2n) is 9.22. The summed E-state index contributed by atoms with van der Waals surface area (Å²) >= 11 is 0. The molecular formula is C28H31FN5O6P. The zero-order valence-corrected chi connectivity index (χ0v) is 24.0. The van der Waals surface area contributed by atoms with Gasteiger partial charge < -0.3 is 24.4 Å². The number of halogens is 1. The third-order valence-electron chi connectivity index (χ3n) is 5.89. The van der Waals surface area contributed by atoms with Crippen molar-refractivity contribution in [2.75, 3.05) is 39.7 Å². The number of phosphoric ester groups is 1. The number of hydrogen-bond acceptors (Lipinski definition) is 8. The summed E-state index contributed by atoms with van der Waals surface area (Å²) in [6.45, 7) is 1.87. The standard InChI is InChI=1S/C28H31FN5O6P/c1-5-39-41(36,37)40-18-34-17-25(19-8-9-30-26(29)14-19)24-13-21(16-31-28(24)34)20-11-22(15-23(12-20)38-4)32-27(35)7-6-10-33(2)3/h6-9,11-17H,5,10,18H2,1-4H3,(H,32,35)(H,36,37)/b7-6+. The normalized spacial score (nSPS) is 13.1. The molecule has 0 bridgehead atoms. The highest BCUT2D eigenvalue weighted by Crippen LogP contribution is 2.44. The fourth-order valence-electron chi connectivity index (χ4n) is 4.07. The molecule has 0 aliphatic heterocycles. The molecule has 13 heteroatoms. The molecule has 3 aromatic heterocycles. The van der Waals surface area contributed by atoms with Crippen molar-refractivity contribution in [3.8, 4) is 28.0 Å².